The molecule has 1 amide bonds. The Kier molecular flexibility index (Phi) is 4.59. The standard InChI is InChI=1S/C10H9BrFNO4/c11-8-5(2-1-3-6(8)12)9(15)13-4-7(14)10(16)17/h1-3,7,14H,4H2,(H,13,15)(H,16,17)/t7-/m0/s1. The van der Waals surface area contributed by atoms with E-state index in [0.29, 0.717) is 0 Å². The molecule has 5 nitrogen and oxygen atoms in total. The summed E-state index contributed by atoms with van der Waals surface area (Å²) in [6, 6.07) is 3.89. The van der Waals surface area contributed by atoms with E-state index >= 15 is 0 Å². The van der Waals surface area contributed by atoms with Crippen LogP contribution in [-0.2, 0) is 4.79 Å². The first-order chi connectivity index (χ1) is 7.93. The van der Waals surface area contributed by atoms with Crippen LogP contribution in [0.25, 0.3) is 0 Å². The quantitative estimate of drug-likeness (QED) is 0.766. The zero-order chi connectivity index (χ0) is 13.0. The maximum absolute atomic E-state index is 13.1. The molecule has 7 heteroatoms. The molecule has 17 heavy (non-hydrogen) atoms. The number of benzene rings is 1. The summed E-state index contributed by atoms with van der Waals surface area (Å²) in [5.41, 5.74) is 0.0302. The largest absolute Gasteiger partial charge is 0.479 e. The number of carbonyl (C=O) groups excluding carboxylic acids is 1. The van der Waals surface area contributed by atoms with Gasteiger partial charge in [-0.2, -0.15) is 0 Å². The second-order valence-corrected chi connectivity index (χ2v) is 3.96. The first-order valence-electron chi connectivity index (χ1n) is 4.56. The summed E-state index contributed by atoms with van der Waals surface area (Å²) < 4.78 is 13.1. The van der Waals surface area contributed by atoms with Crippen LogP contribution < -0.4 is 5.32 Å². The minimum Gasteiger partial charge on any atom is -0.479 e. The van der Waals surface area contributed by atoms with Crippen LogP contribution in [0.1, 0.15) is 10.4 Å². The Labute approximate surface area is 104 Å². The van der Waals surface area contributed by atoms with Crippen LogP contribution in [0.5, 0.6) is 0 Å². The van der Waals surface area contributed by atoms with Crippen LogP contribution in [0.3, 0.4) is 0 Å². The van der Waals surface area contributed by atoms with E-state index in [1.165, 1.54) is 18.2 Å². The number of aliphatic carboxylic acids is 1. The van der Waals surface area contributed by atoms with Gasteiger partial charge in [0, 0.05) is 0 Å². The van der Waals surface area contributed by atoms with E-state index in [0.717, 1.165) is 0 Å². The Bertz CT molecular complexity index is 452. The lowest BCUT2D eigenvalue weighted by molar-refractivity contribution is -0.146. The molecule has 0 radical (unpaired) electrons. The number of hydrogen-bond acceptors (Lipinski definition) is 3. The van der Waals surface area contributed by atoms with Crippen molar-refractivity contribution in [2.75, 3.05) is 6.54 Å². The van der Waals surface area contributed by atoms with E-state index in [-0.39, 0.29) is 10.0 Å². The Balaban J connectivity index is 2.71. The topological polar surface area (TPSA) is 86.6 Å². The fourth-order valence-corrected chi connectivity index (χ4v) is 1.50. The minimum absolute atomic E-state index is 0.0117. The molecule has 0 aliphatic rings. The first-order valence-corrected chi connectivity index (χ1v) is 5.36. The summed E-state index contributed by atoms with van der Waals surface area (Å²) in [5, 5.41) is 19.5. The number of aliphatic hydroxyl groups is 1. The molecule has 0 unspecified atom stereocenters. The number of hydrogen-bond donors (Lipinski definition) is 3. The molecule has 1 rings (SSSR count). The van der Waals surface area contributed by atoms with Crippen LogP contribution in [0.15, 0.2) is 22.7 Å². The van der Waals surface area contributed by atoms with E-state index in [1.54, 1.807) is 0 Å². The molecule has 92 valence electrons. The molecule has 0 fully saturated rings. The van der Waals surface area contributed by atoms with Gasteiger partial charge in [-0.15, -0.1) is 0 Å². The summed E-state index contributed by atoms with van der Waals surface area (Å²) in [6.45, 7) is -0.447. The number of nitrogens with one attached hydrogen (secondary N) is 1. The average Bonchev–Trinajstić information content (AvgIpc) is 2.29. The number of carboxylic acids is 1. The summed E-state index contributed by atoms with van der Waals surface area (Å²) >= 11 is 2.90. The van der Waals surface area contributed by atoms with Gasteiger partial charge in [0.25, 0.3) is 5.91 Å². The highest BCUT2D eigenvalue weighted by molar-refractivity contribution is 9.10. The van der Waals surface area contributed by atoms with Crippen molar-refractivity contribution in [2.24, 2.45) is 0 Å². The lowest BCUT2D eigenvalue weighted by Gasteiger charge is -2.09. The molecule has 1 aromatic carbocycles. The Morgan fingerprint density at radius 1 is 1.47 bits per heavy atom. The predicted molar refractivity (Wildman–Crippen MR) is 60.1 cm³/mol. The maximum atomic E-state index is 13.1. The van der Waals surface area contributed by atoms with Gasteiger partial charge in [-0.25, -0.2) is 9.18 Å². The summed E-state index contributed by atoms with van der Waals surface area (Å²) in [7, 11) is 0. The number of carboxylic acid groups (broad SMARTS) is 1. The molecular formula is C10H9BrFNO4. The van der Waals surface area contributed by atoms with Crippen LogP contribution in [0.2, 0.25) is 0 Å². The van der Waals surface area contributed by atoms with Gasteiger partial charge in [0.1, 0.15) is 5.82 Å². The number of carbonyl (C=O) groups is 2. The Hall–Kier alpha value is -1.47. The van der Waals surface area contributed by atoms with Crippen molar-refractivity contribution < 1.29 is 24.2 Å². The molecule has 0 spiro atoms. The zero-order valence-electron chi connectivity index (χ0n) is 8.48. The van der Waals surface area contributed by atoms with Crippen LogP contribution in [-0.4, -0.2) is 34.7 Å². The molecule has 0 aliphatic carbocycles. The molecule has 1 atom stereocenters. The van der Waals surface area contributed by atoms with E-state index in [2.05, 4.69) is 21.2 Å². The summed E-state index contributed by atoms with van der Waals surface area (Å²) in [5.74, 6) is -2.71. The minimum atomic E-state index is -1.69. The van der Waals surface area contributed by atoms with Crippen molar-refractivity contribution in [1.29, 1.82) is 0 Å². The highest BCUT2D eigenvalue weighted by Crippen LogP contribution is 2.20. The van der Waals surface area contributed by atoms with E-state index in [9.17, 15) is 14.0 Å². The van der Waals surface area contributed by atoms with Crippen molar-refractivity contribution in [3.8, 4) is 0 Å². The fraction of sp³-hybridized carbons (Fsp3) is 0.200. The van der Waals surface area contributed by atoms with Crippen molar-refractivity contribution in [2.45, 2.75) is 6.10 Å². The maximum Gasteiger partial charge on any atom is 0.334 e. The van der Waals surface area contributed by atoms with Gasteiger partial charge < -0.3 is 15.5 Å². The van der Waals surface area contributed by atoms with Crippen LogP contribution in [0, 0.1) is 5.82 Å². The highest BCUT2D eigenvalue weighted by Gasteiger charge is 2.17. The van der Waals surface area contributed by atoms with Gasteiger partial charge in [0.15, 0.2) is 6.10 Å². The van der Waals surface area contributed by atoms with Gasteiger partial charge in [0.2, 0.25) is 0 Å². The van der Waals surface area contributed by atoms with E-state index in [1.807, 2.05) is 0 Å². The van der Waals surface area contributed by atoms with Crippen molar-refractivity contribution >= 4 is 27.8 Å². The zero-order valence-corrected chi connectivity index (χ0v) is 10.1. The number of rotatable bonds is 4. The van der Waals surface area contributed by atoms with E-state index in [4.69, 9.17) is 10.2 Å². The molecule has 1 aromatic rings. The molecular weight excluding hydrogens is 297 g/mol. The van der Waals surface area contributed by atoms with Crippen molar-refractivity contribution in [1.82, 2.24) is 5.32 Å². The van der Waals surface area contributed by atoms with Crippen LogP contribution in [0.4, 0.5) is 4.39 Å². The second kappa shape index (κ2) is 5.74. The van der Waals surface area contributed by atoms with Gasteiger partial charge in [-0.05, 0) is 28.1 Å². The number of aliphatic hydroxyl groups excluding tert-OH is 1. The van der Waals surface area contributed by atoms with Crippen LogP contribution >= 0.6 is 15.9 Å². The van der Waals surface area contributed by atoms with Gasteiger partial charge >= 0.3 is 5.97 Å². The molecule has 0 aromatic heterocycles. The van der Waals surface area contributed by atoms with E-state index < -0.39 is 30.3 Å². The third-order valence-electron chi connectivity index (χ3n) is 1.94. The predicted octanol–water partition coefficient (Wildman–Crippen LogP) is 0.764. The number of halogens is 2. The fourth-order valence-electron chi connectivity index (χ4n) is 1.05. The van der Waals surface area contributed by atoms with Gasteiger partial charge in [-0.3, -0.25) is 4.79 Å². The second-order valence-electron chi connectivity index (χ2n) is 3.17. The molecule has 0 aliphatic heterocycles. The molecule has 0 heterocycles. The molecule has 0 bridgehead atoms. The summed E-state index contributed by atoms with van der Waals surface area (Å²) in [6.07, 6.45) is -1.69. The third-order valence-corrected chi connectivity index (χ3v) is 2.74. The smallest absolute Gasteiger partial charge is 0.334 e. The Morgan fingerprint density at radius 2 is 2.12 bits per heavy atom. The normalized spacial score (nSPS) is 11.9. The third kappa shape index (κ3) is 3.50. The molecule has 0 saturated carbocycles. The lowest BCUT2D eigenvalue weighted by atomic mass is 10.2. The Morgan fingerprint density at radius 3 is 2.71 bits per heavy atom. The first kappa shape index (κ1) is 13.6. The monoisotopic (exact) mass is 305 g/mol. The molecule has 3 N–H and O–H groups in total. The van der Waals surface area contributed by atoms with Crippen molar-refractivity contribution in [3.05, 3.63) is 34.1 Å². The number of amides is 1. The van der Waals surface area contributed by atoms with Gasteiger partial charge in [-0.1, -0.05) is 6.07 Å². The summed E-state index contributed by atoms with van der Waals surface area (Å²) in [4.78, 5) is 21.8. The van der Waals surface area contributed by atoms with Crippen molar-refractivity contribution in [3.63, 3.8) is 0 Å². The SMILES string of the molecule is O=C(NC[C@H](O)C(=O)O)c1cccc(F)c1Br. The highest BCUT2D eigenvalue weighted by atomic mass is 79.9. The van der Waals surface area contributed by atoms with Gasteiger partial charge in [0.05, 0.1) is 16.6 Å². The average molecular weight is 306 g/mol. The lowest BCUT2D eigenvalue weighted by Crippen LogP contribution is -2.36. The molecule has 0 saturated heterocycles.